The Hall–Kier alpha value is -1.52. The van der Waals surface area contributed by atoms with Crippen LogP contribution in [-0.4, -0.2) is 18.0 Å². The Labute approximate surface area is 111 Å². The maximum absolute atomic E-state index is 2.21. The van der Waals surface area contributed by atoms with Crippen LogP contribution >= 0.6 is 0 Å². The molecule has 0 nitrogen and oxygen atoms in total. The Morgan fingerprint density at radius 1 is 0.412 bits per heavy atom. The second-order valence-electron chi connectivity index (χ2n) is 4.29. The second kappa shape index (κ2) is 3.75. The zero-order chi connectivity index (χ0) is 10.5. The average molecular weight is 280 g/mol. The molecule has 0 radical (unpaired) electrons. The summed E-state index contributed by atoms with van der Waals surface area (Å²) >= 11 is 0. The van der Waals surface area contributed by atoms with Crippen molar-refractivity contribution in [1.29, 1.82) is 0 Å². The van der Waals surface area contributed by atoms with Crippen LogP contribution in [0.5, 0.6) is 0 Å². The van der Waals surface area contributed by atoms with E-state index >= 15 is 0 Å². The minimum absolute atomic E-state index is 0. The van der Waals surface area contributed by atoms with E-state index in [0.717, 1.165) is 0 Å². The number of benzene rings is 4. The fourth-order valence-electron chi connectivity index (χ4n) is 2.67. The van der Waals surface area contributed by atoms with Crippen molar-refractivity contribution >= 4 is 50.3 Å². The van der Waals surface area contributed by atoms with Gasteiger partial charge in [0.05, 0.1) is 0 Å². The molecule has 4 aromatic rings. The van der Waals surface area contributed by atoms with Crippen LogP contribution in [0.1, 0.15) is 0 Å². The van der Waals surface area contributed by atoms with Crippen molar-refractivity contribution in [2.45, 2.75) is 0 Å². The molecule has 0 aliphatic carbocycles. The van der Waals surface area contributed by atoms with Crippen molar-refractivity contribution < 1.29 is 0 Å². The number of rotatable bonds is 0. The standard InChI is InChI=1S/C16H10.AsH3/c1-3-11-7-9-13-5-2-6-14-10-8-12(4-1)15(11)16(13)14;/h1-10H;1H3. The van der Waals surface area contributed by atoms with Crippen LogP contribution < -0.4 is 0 Å². The van der Waals surface area contributed by atoms with Gasteiger partial charge in [-0.05, 0) is 32.3 Å². The van der Waals surface area contributed by atoms with Crippen LogP contribution in [-0.2, 0) is 0 Å². The van der Waals surface area contributed by atoms with Crippen LogP contribution in [0.2, 0.25) is 0 Å². The van der Waals surface area contributed by atoms with E-state index in [2.05, 4.69) is 60.7 Å². The van der Waals surface area contributed by atoms with E-state index in [1.54, 1.807) is 0 Å². The van der Waals surface area contributed by atoms with Gasteiger partial charge in [0.15, 0.2) is 0 Å². The summed E-state index contributed by atoms with van der Waals surface area (Å²) in [7, 11) is 0. The van der Waals surface area contributed by atoms with Crippen molar-refractivity contribution in [2.75, 3.05) is 0 Å². The third-order valence-corrected chi connectivity index (χ3v) is 3.39. The minimum atomic E-state index is 0. The summed E-state index contributed by atoms with van der Waals surface area (Å²) in [5, 5.41) is 8.14. The zero-order valence-electron chi connectivity index (χ0n) is 9.48. The molecule has 0 spiro atoms. The van der Waals surface area contributed by atoms with Gasteiger partial charge in [0.25, 0.3) is 0 Å². The predicted octanol–water partition coefficient (Wildman–Crippen LogP) is 3.40. The van der Waals surface area contributed by atoms with Gasteiger partial charge in [0.2, 0.25) is 0 Å². The SMILES string of the molecule is [AsH3].c1cc2ccc3cccc4ccc(c1)c2c34. The third-order valence-electron chi connectivity index (χ3n) is 3.39. The van der Waals surface area contributed by atoms with Gasteiger partial charge in [-0.2, -0.15) is 0 Å². The van der Waals surface area contributed by atoms with Gasteiger partial charge in [-0.25, -0.2) is 0 Å². The first-order valence-corrected chi connectivity index (χ1v) is 5.56. The van der Waals surface area contributed by atoms with Crippen molar-refractivity contribution in [1.82, 2.24) is 0 Å². The Morgan fingerprint density at radius 2 is 0.706 bits per heavy atom. The molecule has 4 rings (SSSR count). The van der Waals surface area contributed by atoms with Crippen molar-refractivity contribution in [2.24, 2.45) is 0 Å². The molecule has 0 aliphatic rings. The molecule has 0 fully saturated rings. The summed E-state index contributed by atoms with van der Waals surface area (Å²) in [5.41, 5.74) is 0. The summed E-state index contributed by atoms with van der Waals surface area (Å²) in [6.07, 6.45) is 0. The zero-order valence-corrected chi connectivity index (χ0v) is 12.4. The molecular formula is C16H13As. The first kappa shape index (κ1) is 10.6. The monoisotopic (exact) mass is 280 g/mol. The van der Waals surface area contributed by atoms with E-state index in [-0.39, 0.29) is 18.0 Å². The molecule has 82 valence electrons. The smallest absolute Gasteiger partial charge is 0.00268 e. The molecule has 0 aromatic heterocycles. The van der Waals surface area contributed by atoms with Crippen LogP contribution in [0.4, 0.5) is 0 Å². The van der Waals surface area contributed by atoms with Crippen LogP contribution in [0.15, 0.2) is 60.7 Å². The maximum Gasteiger partial charge on any atom is -0.00268 e. The molecule has 0 bridgehead atoms. The van der Waals surface area contributed by atoms with Crippen molar-refractivity contribution in [3.63, 3.8) is 0 Å². The van der Waals surface area contributed by atoms with E-state index in [9.17, 15) is 0 Å². The molecule has 1 unspecified atom stereocenters. The van der Waals surface area contributed by atoms with Gasteiger partial charge < -0.3 is 0 Å². The molecule has 1 heteroatoms. The van der Waals surface area contributed by atoms with Crippen molar-refractivity contribution in [3.05, 3.63) is 60.7 Å². The Kier molecular flexibility index (Phi) is 2.34. The summed E-state index contributed by atoms with van der Waals surface area (Å²) in [6, 6.07) is 21.9. The molecule has 1 atom stereocenters. The molecule has 0 heterocycles. The predicted molar refractivity (Wildman–Crippen MR) is 80.1 cm³/mol. The molecule has 0 N–H and O–H groups in total. The van der Waals surface area contributed by atoms with Gasteiger partial charge in [0.1, 0.15) is 0 Å². The van der Waals surface area contributed by atoms with Gasteiger partial charge >= 0.3 is 18.0 Å². The summed E-state index contributed by atoms with van der Waals surface area (Å²) in [5.74, 6) is 0. The molecule has 0 amide bonds. The van der Waals surface area contributed by atoms with E-state index < -0.39 is 0 Å². The normalized spacial score (nSPS) is 11.1. The third kappa shape index (κ3) is 1.38. The van der Waals surface area contributed by atoms with Gasteiger partial charge in [-0.1, -0.05) is 60.7 Å². The topological polar surface area (TPSA) is 0 Å². The van der Waals surface area contributed by atoms with Gasteiger partial charge in [0, 0.05) is 0 Å². The summed E-state index contributed by atoms with van der Waals surface area (Å²) in [6.45, 7) is 0. The number of hydrogen-bond donors (Lipinski definition) is 0. The van der Waals surface area contributed by atoms with Gasteiger partial charge in [-0.15, -0.1) is 0 Å². The van der Waals surface area contributed by atoms with Gasteiger partial charge in [-0.3, -0.25) is 0 Å². The molecule has 17 heavy (non-hydrogen) atoms. The Bertz CT molecular complexity index is 672. The Morgan fingerprint density at radius 3 is 1.00 bits per heavy atom. The first-order valence-electron chi connectivity index (χ1n) is 5.56. The molecular weight excluding hydrogens is 267 g/mol. The molecule has 0 saturated carbocycles. The summed E-state index contributed by atoms with van der Waals surface area (Å²) in [4.78, 5) is 0. The van der Waals surface area contributed by atoms with Crippen LogP contribution in [0, 0.1) is 0 Å². The van der Waals surface area contributed by atoms with E-state index in [1.165, 1.54) is 32.3 Å². The van der Waals surface area contributed by atoms with Crippen LogP contribution in [0.25, 0.3) is 32.3 Å². The largest absolute Gasteiger partial charge is 0.0610 e. The molecule has 0 aliphatic heterocycles. The maximum atomic E-state index is 2.21. The van der Waals surface area contributed by atoms with E-state index in [0.29, 0.717) is 0 Å². The van der Waals surface area contributed by atoms with E-state index in [1.807, 2.05) is 0 Å². The van der Waals surface area contributed by atoms with Crippen LogP contribution in [0.3, 0.4) is 0 Å². The Balaban J connectivity index is 0.000000902. The molecule has 4 aromatic carbocycles. The fourth-order valence-corrected chi connectivity index (χ4v) is 2.67. The average Bonchev–Trinajstić information content (AvgIpc) is 2.36. The fraction of sp³-hybridized carbons (Fsp3) is 0. The van der Waals surface area contributed by atoms with Crippen molar-refractivity contribution in [3.8, 4) is 0 Å². The number of hydrogen-bond acceptors (Lipinski definition) is 0. The minimum Gasteiger partial charge on any atom is -0.0610 e. The second-order valence-corrected chi connectivity index (χ2v) is 4.29. The quantitative estimate of drug-likeness (QED) is 0.342. The molecule has 0 saturated heterocycles. The van der Waals surface area contributed by atoms with E-state index in [4.69, 9.17) is 0 Å². The first-order chi connectivity index (χ1) is 7.93. The summed E-state index contributed by atoms with van der Waals surface area (Å²) < 4.78 is 0.